The van der Waals surface area contributed by atoms with Gasteiger partial charge in [0.25, 0.3) is 5.91 Å². The number of aromatic nitrogens is 2. The van der Waals surface area contributed by atoms with Crippen molar-refractivity contribution in [3.05, 3.63) is 88.7 Å². The number of aryl methyl sites for hydroxylation is 2. The molecule has 0 atom stereocenters. The molecule has 26 heavy (non-hydrogen) atoms. The van der Waals surface area contributed by atoms with Crippen LogP contribution >= 0.6 is 0 Å². The Morgan fingerprint density at radius 2 is 1.65 bits per heavy atom. The van der Waals surface area contributed by atoms with E-state index in [2.05, 4.69) is 39.7 Å². The third-order valence-electron chi connectivity index (χ3n) is 3.92. The van der Waals surface area contributed by atoms with Crippen LogP contribution in [0.3, 0.4) is 0 Å². The summed E-state index contributed by atoms with van der Waals surface area (Å²) in [5, 5.41) is 6.09. The Balaban J connectivity index is 1.65. The van der Waals surface area contributed by atoms with E-state index in [1.54, 1.807) is 6.07 Å². The molecule has 0 aliphatic rings. The highest BCUT2D eigenvalue weighted by molar-refractivity contribution is 5.92. The summed E-state index contributed by atoms with van der Waals surface area (Å²) < 4.78 is 0. The molecular weight excluding hydrogens is 324 g/mol. The van der Waals surface area contributed by atoms with Crippen molar-refractivity contribution in [2.24, 2.45) is 0 Å². The summed E-state index contributed by atoms with van der Waals surface area (Å²) >= 11 is 0. The van der Waals surface area contributed by atoms with Gasteiger partial charge in [-0.2, -0.15) is 0 Å². The first-order valence-corrected chi connectivity index (χ1v) is 8.57. The van der Waals surface area contributed by atoms with Crippen LogP contribution in [-0.4, -0.2) is 15.9 Å². The lowest BCUT2D eigenvalue weighted by atomic mass is 10.1. The lowest BCUT2D eigenvalue weighted by Crippen LogP contribution is -2.24. The van der Waals surface area contributed by atoms with E-state index in [0.29, 0.717) is 24.7 Å². The molecule has 2 N–H and O–H groups in total. The number of nitrogens with one attached hydrogen (secondary N) is 2. The number of hydrogen-bond acceptors (Lipinski definition) is 4. The maximum absolute atomic E-state index is 12.4. The Morgan fingerprint density at radius 1 is 0.885 bits per heavy atom. The van der Waals surface area contributed by atoms with Crippen LogP contribution in [0, 0.1) is 13.8 Å². The van der Waals surface area contributed by atoms with Crippen LogP contribution in [0.25, 0.3) is 0 Å². The van der Waals surface area contributed by atoms with Gasteiger partial charge in [-0.15, -0.1) is 0 Å². The summed E-state index contributed by atoms with van der Waals surface area (Å²) in [6, 6.07) is 19.7. The number of carbonyl (C=O) groups excluding carboxylic acids is 1. The fourth-order valence-electron chi connectivity index (χ4n) is 2.64. The van der Waals surface area contributed by atoms with E-state index in [9.17, 15) is 4.79 Å². The highest BCUT2D eigenvalue weighted by Crippen LogP contribution is 2.09. The number of nitrogens with zero attached hydrogens (tertiary/aromatic N) is 2. The minimum absolute atomic E-state index is 0.210. The van der Waals surface area contributed by atoms with E-state index in [0.717, 1.165) is 16.8 Å². The van der Waals surface area contributed by atoms with Crippen molar-refractivity contribution < 1.29 is 4.79 Å². The number of carbonyl (C=O) groups is 1. The Bertz CT molecular complexity index is 894. The van der Waals surface area contributed by atoms with Crippen molar-refractivity contribution in [2.45, 2.75) is 26.9 Å². The lowest BCUT2D eigenvalue weighted by Gasteiger charge is -2.09. The molecule has 0 bridgehead atoms. The third kappa shape index (κ3) is 4.89. The van der Waals surface area contributed by atoms with E-state index in [1.807, 2.05) is 49.4 Å². The van der Waals surface area contributed by atoms with Crippen LogP contribution in [0.5, 0.6) is 0 Å². The van der Waals surface area contributed by atoms with Gasteiger partial charge in [-0.05, 0) is 31.0 Å². The largest absolute Gasteiger partial charge is 0.350 e. The number of amides is 1. The van der Waals surface area contributed by atoms with E-state index in [1.165, 1.54) is 5.56 Å². The summed E-state index contributed by atoms with van der Waals surface area (Å²) in [6.07, 6.45) is 0. The summed E-state index contributed by atoms with van der Waals surface area (Å²) in [7, 11) is 0. The van der Waals surface area contributed by atoms with Crippen molar-refractivity contribution >= 4 is 11.9 Å². The standard InChI is InChI=1S/C21H22N4O/c1-15-7-6-10-18(11-15)14-23-21-24-16(2)12-19(25-21)20(26)22-13-17-8-4-3-5-9-17/h3-12H,13-14H2,1-2H3,(H,22,26)(H,23,24,25). The van der Waals surface area contributed by atoms with E-state index in [4.69, 9.17) is 0 Å². The Kier molecular flexibility index (Phi) is 5.59. The van der Waals surface area contributed by atoms with Gasteiger partial charge in [0, 0.05) is 18.8 Å². The zero-order valence-electron chi connectivity index (χ0n) is 15.0. The molecule has 5 nitrogen and oxygen atoms in total. The first kappa shape index (κ1) is 17.6. The second-order valence-electron chi connectivity index (χ2n) is 6.23. The van der Waals surface area contributed by atoms with E-state index in [-0.39, 0.29) is 5.91 Å². The molecule has 1 amide bonds. The molecule has 0 saturated carbocycles. The van der Waals surface area contributed by atoms with Crippen LogP contribution in [0.1, 0.15) is 32.9 Å². The number of anilines is 1. The van der Waals surface area contributed by atoms with Gasteiger partial charge in [0.2, 0.25) is 5.95 Å². The summed E-state index contributed by atoms with van der Waals surface area (Å²) in [5.74, 6) is 0.245. The van der Waals surface area contributed by atoms with Gasteiger partial charge in [0.1, 0.15) is 5.69 Å². The summed E-state index contributed by atoms with van der Waals surface area (Å²) in [5.41, 5.74) is 4.50. The highest BCUT2D eigenvalue weighted by atomic mass is 16.1. The third-order valence-corrected chi connectivity index (χ3v) is 3.92. The fraction of sp³-hybridized carbons (Fsp3) is 0.190. The predicted molar refractivity (Wildman–Crippen MR) is 103 cm³/mol. The molecule has 1 heterocycles. The maximum Gasteiger partial charge on any atom is 0.270 e. The monoisotopic (exact) mass is 346 g/mol. The molecule has 132 valence electrons. The molecule has 3 rings (SSSR count). The maximum atomic E-state index is 12.4. The van der Waals surface area contributed by atoms with Gasteiger partial charge >= 0.3 is 0 Å². The fourth-order valence-corrected chi connectivity index (χ4v) is 2.64. The quantitative estimate of drug-likeness (QED) is 0.715. The SMILES string of the molecule is Cc1cccc(CNc2nc(C)cc(C(=O)NCc3ccccc3)n2)c1. The van der Waals surface area contributed by atoms with Crippen molar-refractivity contribution in [2.75, 3.05) is 5.32 Å². The number of rotatable bonds is 6. The molecule has 5 heteroatoms. The topological polar surface area (TPSA) is 66.9 Å². The Labute approximate surface area is 153 Å². The highest BCUT2D eigenvalue weighted by Gasteiger charge is 2.10. The molecule has 0 spiro atoms. The molecule has 0 aliphatic heterocycles. The van der Waals surface area contributed by atoms with Crippen LogP contribution in [-0.2, 0) is 13.1 Å². The number of benzene rings is 2. The average Bonchev–Trinajstić information content (AvgIpc) is 2.65. The van der Waals surface area contributed by atoms with Crippen LogP contribution < -0.4 is 10.6 Å². The van der Waals surface area contributed by atoms with Crippen LogP contribution in [0.4, 0.5) is 5.95 Å². The molecule has 0 fully saturated rings. The van der Waals surface area contributed by atoms with Gasteiger partial charge in [-0.25, -0.2) is 9.97 Å². The van der Waals surface area contributed by atoms with Gasteiger partial charge in [0.05, 0.1) is 0 Å². The second-order valence-corrected chi connectivity index (χ2v) is 6.23. The second kappa shape index (κ2) is 8.25. The molecule has 0 unspecified atom stereocenters. The molecule has 0 aliphatic carbocycles. The number of hydrogen-bond donors (Lipinski definition) is 2. The first-order chi connectivity index (χ1) is 12.6. The van der Waals surface area contributed by atoms with Gasteiger partial charge in [-0.3, -0.25) is 4.79 Å². The Hall–Kier alpha value is -3.21. The zero-order chi connectivity index (χ0) is 18.4. The van der Waals surface area contributed by atoms with Gasteiger partial charge in [0.15, 0.2) is 0 Å². The van der Waals surface area contributed by atoms with Crippen LogP contribution in [0.15, 0.2) is 60.7 Å². The van der Waals surface area contributed by atoms with Crippen LogP contribution in [0.2, 0.25) is 0 Å². The minimum atomic E-state index is -0.210. The molecule has 1 aromatic heterocycles. The predicted octanol–water partition coefficient (Wildman–Crippen LogP) is 3.64. The van der Waals surface area contributed by atoms with Crippen molar-refractivity contribution in [1.29, 1.82) is 0 Å². The molecular formula is C21H22N4O. The molecule has 2 aromatic carbocycles. The Morgan fingerprint density at radius 3 is 2.42 bits per heavy atom. The molecule has 0 radical (unpaired) electrons. The van der Waals surface area contributed by atoms with Crippen molar-refractivity contribution in [1.82, 2.24) is 15.3 Å². The molecule has 0 saturated heterocycles. The summed E-state index contributed by atoms with van der Waals surface area (Å²) in [4.78, 5) is 21.1. The zero-order valence-corrected chi connectivity index (χ0v) is 15.0. The summed E-state index contributed by atoms with van der Waals surface area (Å²) in [6.45, 7) is 4.99. The van der Waals surface area contributed by atoms with E-state index < -0.39 is 0 Å². The van der Waals surface area contributed by atoms with Gasteiger partial charge in [-0.1, -0.05) is 60.2 Å². The van der Waals surface area contributed by atoms with E-state index >= 15 is 0 Å². The van der Waals surface area contributed by atoms with Crippen molar-refractivity contribution in [3.8, 4) is 0 Å². The smallest absolute Gasteiger partial charge is 0.270 e. The normalized spacial score (nSPS) is 10.4. The van der Waals surface area contributed by atoms with Gasteiger partial charge < -0.3 is 10.6 Å². The first-order valence-electron chi connectivity index (χ1n) is 8.57. The average molecular weight is 346 g/mol. The lowest BCUT2D eigenvalue weighted by molar-refractivity contribution is 0.0945. The minimum Gasteiger partial charge on any atom is -0.350 e. The van der Waals surface area contributed by atoms with Crippen molar-refractivity contribution in [3.63, 3.8) is 0 Å². The molecule has 3 aromatic rings.